The van der Waals surface area contributed by atoms with E-state index in [0.29, 0.717) is 23.8 Å². The molecule has 1 aliphatic heterocycles. The van der Waals surface area contributed by atoms with E-state index in [1.54, 1.807) is 24.3 Å². The standard InChI is InChI=1S/C19H22N6O6S/c20-19-24-15-14(17(29)25-19)22-10(7-21-15)8-32-11-3-1-9(2-4-11)16(28)23-12(18(30)31)5-6-13(26)27/h1-4,10,12,22H,5-8H2,(H,23,28)(H,26,27)(H,30,31)(H4,20,21,24,25,29)/t10?,12-/m0/s1. The number of hydrogen-bond donors (Lipinski definition) is 7. The molecule has 1 amide bonds. The molecular formula is C19H22N6O6S. The molecule has 0 fully saturated rings. The lowest BCUT2D eigenvalue weighted by atomic mass is 10.1. The van der Waals surface area contributed by atoms with Gasteiger partial charge in [-0.2, -0.15) is 4.98 Å². The minimum absolute atomic E-state index is 0.0385. The number of carbonyl (C=O) groups is 3. The number of amides is 1. The number of aliphatic carboxylic acids is 2. The quantitative estimate of drug-likeness (QED) is 0.254. The van der Waals surface area contributed by atoms with Gasteiger partial charge in [0.25, 0.3) is 11.5 Å². The third-order valence-electron chi connectivity index (χ3n) is 4.62. The van der Waals surface area contributed by atoms with Crippen LogP contribution in [0.4, 0.5) is 17.5 Å². The van der Waals surface area contributed by atoms with E-state index in [1.165, 1.54) is 11.8 Å². The van der Waals surface area contributed by atoms with Crippen LogP contribution in [0.5, 0.6) is 0 Å². The molecule has 1 aliphatic rings. The van der Waals surface area contributed by atoms with E-state index in [0.717, 1.165) is 4.90 Å². The lowest BCUT2D eigenvalue weighted by Crippen LogP contribution is -2.41. The first-order valence-corrected chi connectivity index (χ1v) is 10.6. The second kappa shape index (κ2) is 10.0. The third-order valence-corrected chi connectivity index (χ3v) is 5.79. The van der Waals surface area contributed by atoms with Gasteiger partial charge in [-0.05, 0) is 30.7 Å². The van der Waals surface area contributed by atoms with Crippen molar-refractivity contribution in [2.75, 3.05) is 28.7 Å². The number of nitrogens with zero attached hydrogens (tertiary/aromatic N) is 1. The van der Waals surface area contributed by atoms with Crippen LogP contribution in [0.15, 0.2) is 34.0 Å². The summed E-state index contributed by atoms with van der Waals surface area (Å²) >= 11 is 1.51. The van der Waals surface area contributed by atoms with Crippen LogP contribution in [-0.2, 0) is 9.59 Å². The number of hydrogen-bond acceptors (Lipinski definition) is 9. The Labute approximate surface area is 186 Å². The Morgan fingerprint density at radius 3 is 2.62 bits per heavy atom. The van der Waals surface area contributed by atoms with E-state index in [1.807, 2.05) is 0 Å². The minimum atomic E-state index is -1.29. The zero-order chi connectivity index (χ0) is 23.3. The van der Waals surface area contributed by atoms with Gasteiger partial charge in [0, 0.05) is 29.2 Å². The maximum absolute atomic E-state index is 12.3. The number of carboxylic acid groups (broad SMARTS) is 2. The SMILES string of the molecule is Nc1nc2c(c(=O)[nH]1)NC(CSc1ccc(C(=O)N[C@@H](CCC(=O)O)C(=O)O)cc1)CN2. The highest BCUT2D eigenvalue weighted by molar-refractivity contribution is 7.99. The lowest BCUT2D eigenvalue weighted by Gasteiger charge is -2.26. The van der Waals surface area contributed by atoms with Crippen molar-refractivity contribution >= 4 is 47.1 Å². The predicted molar refractivity (Wildman–Crippen MR) is 118 cm³/mol. The van der Waals surface area contributed by atoms with Gasteiger partial charge in [-0.3, -0.25) is 19.4 Å². The highest BCUT2D eigenvalue weighted by atomic mass is 32.2. The summed E-state index contributed by atoms with van der Waals surface area (Å²) in [6, 6.07) is 5.25. The number of fused-ring (bicyclic) bond motifs is 1. The van der Waals surface area contributed by atoms with E-state index in [4.69, 9.17) is 15.9 Å². The van der Waals surface area contributed by atoms with E-state index in [-0.39, 0.29) is 36.0 Å². The smallest absolute Gasteiger partial charge is 0.326 e. The molecule has 3 rings (SSSR count). The monoisotopic (exact) mass is 462 g/mol. The number of carboxylic acids is 2. The van der Waals surface area contributed by atoms with Crippen LogP contribution in [0.3, 0.4) is 0 Å². The fourth-order valence-corrected chi connectivity index (χ4v) is 3.92. The van der Waals surface area contributed by atoms with E-state index in [2.05, 4.69) is 25.9 Å². The Hall–Kier alpha value is -3.74. The molecule has 0 saturated carbocycles. The maximum Gasteiger partial charge on any atom is 0.326 e. The van der Waals surface area contributed by atoms with Crippen molar-refractivity contribution in [3.63, 3.8) is 0 Å². The molecule has 2 atom stereocenters. The van der Waals surface area contributed by atoms with Crippen molar-refractivity contribution < 1.29 is 24.6 Å². The summed E-state index contributed by atoms with van der Waals surface area (Å²) in [5.41, 5.74) is 5.77. The van der Waals surface area contributed by atoms with Crippen molar-refractivity contribution in [3.05, 3.63) is 40.2 Å². The number of benzene rings is 1. The first-order valence-electron chi connectivity index (χ1n) is 9.61. The number of nitrogen functional groups attached to an aromatic ring is 1. The fourth-order valence-electron chi connectivity index (χ4n) is 2.99. The van der Waals surface area contributed by atoms with E-state index >= 15 is 0 Å². The molecule has 2 heterocycles. The van der Waals surface area contributed by atoms with Gasteiger partial charge >= 0.3 is 11.9 Å². The fraction of sp³-hybridized carbons (Fsp3) is 0.316. The molecule has 0 bridgehead atoms. The average molecular weight is 462 g/mol. The van der Waals surface area contributed by atoms with Crippen LogP contribution in [0.25, 0.3) is 0 Å². The molecule has 170 valence electrons. The van der Waals surface area contributed by atoms with E-state index in [9.17, 15) is 19.2 Å². The minimum Gasteiger partial charge on any atom is -0.481 e. The number of H-pyrrole nitrogens is 1. The molecule has 2 aromatic rings. The highest BCUT2D eigenvalue weighted by Gasteiger charge is 2.23. The molecule has 0 aliphatic carbocycles. The van der Waals surface area contributed by atoms with Gasteiger partial charge in [0.05, 0.1) is 6.04 Å². The summed E-state index contributed by atoms with van der Waals surface area (Å²) in [7, 11) is 0. The molecule has 32 heavy (non-hydrogen) atoms. The number of aromatic amines is 1. The van der Waals surface area contributed by atoms with Crippen LogP contribution >= 0.6 is 11.8 Å². The number of aromatic nitrogens is 2. The van der Waals surface area contributed by atoms with Gasteiger partial charge < -0.3 is 31.9 Å². The van der Waals surface area contributed by atoms with Crippen molar-refractivity contribution in [3.8, 4) is 0 Å². The number of anilines is 3. The lowest BCUT2D eigenvalue weighted by molar-refractivity contribution is -0.140. The first-order chi connectivity index (χ1) is 15.2. The molecule has 12 nitrogen and oxygen atoms in total. The van der Waals surface area contributed by atoms with Crippen LogP contribution < -0.4 is 27.2 Å². The predicted octanol–water partition coefficient (Wildman–Crippen LogP) is 0.398. The Morgan fingerprint density at radius 1 is 1.25 bits per heavy atom. The van der Waals surface area contributed by atoms with Crippen molar-refractivity contribution in [1.82, 2.24) is 15.3 Å². The average Bonchev–Trinajstić information content (AvgIpc) is 2.75. The zero-order valence-corrected chi connectivity index (χ0v) is 17.6. The van der Waals surface area contributed by atoms with Crippen LogP contribution in [-0.4, -0.2) is 62.4 Å². The Kier molecular flexibility index (Phi) is 7.20. The van der Waals surface area contributed by atoms with Crippen LogP contribution in [0.1, 0.15) is 23.2 Å². The number of thioether (sulfide) groups is 1. The second-order valence-corrected chi connectivity index (χ2v) is 8.12. The largest absolute Gasteiger partial charge is 0.481 e. The summed E-state index contributed by atoms with van der Waals surface area (Å²) in [5, 5.41) is 26.4. The van der Waals surface area contributed by atoms with Crippen LogP contribution in [0.2, 0.25) is 0 Å². The van der Waals surface area contributed by atoms with Crippen LogP contribution in [0, 0.1) is 0 Å². The Balaban J connectivity index is 1.54. The van der Waals surface area contributed by atoms with Gasteiger partial charge in [-0.15, -0.1) is 11.8 Å². The first kappa shape index (κ1) is 22.9. The molecule has 1 aromatic heterocycles. The Bertz CT molecular complexity index is 1070. The van der Waals surface area contributed by atoms with Gasteiger partial charge in [0.2, 0.25) is 5.95 Å². The van der Waals surface area contributed by atoms with Crippen molar-refractivity contribution in [2.24, 2.45) is 0 Å². The van der Waals surface area contributed by atoms with Crippen molar-refractivity contribution in [2.45, 2.75) is 29.8 Å². The zero-order valence-electron chi connectivity index (χ0n) is 16.8. The van der Waals surface area contributed by atoms with Gasteiger partial charge in [-0.1, -0.05) is 0 Å². The van der Waals surface area contributed by atoms with Gasteiger partial charge in [0.1, 0.15) is 11.7 Å². The summed E-state index contributed by atoms with van der Waals surface area (Å²) in [5.74, 6) is -1.96. The molecule has 1 unspecified atom stereocenters. The normalized spacial score (nSPS) is 15.6. The third kappa shape index (κ3) is 5.91. The highest BCUT2D eigenvalue weighted by Crippen LogP contribution is 2.25. The Morgan fingerprint density at radius 2 is 1.97 bits per heavy atom. The van der Waals surface area contributed by atoms with E-state index < -0.39 is 23.9 Å². The molecule has 0 radical (unpaired) electrons. The van der Waals surface area contributed by atoms with Gasteiger partial charge in [-0.25, -0.2) is 4.79 Å². The number of nitrogens with two attached hydrogens (primary N) is 1. The summed E-state index contributed by atoms with van der Waals surface area (Å²) in [6.45, 7) is 0.545. The molecule has 1 aromatic carbocycles. The number of rotatable bonds is 9. The molecule has 0 spiro atoms. The molecular weight excluding hydrogens is 440 g/mol. The maximum atomic E-state index is 12.3. The summed E-state index contributed by atoms with van der Waals surface area (Å²) in [4.78, 5) is 53.5. The number of carbonyl (C=O) groups excluding carboxylic acids is 1. The molecule has 13 heteroatoms. The summed E-state index contributed by atoms with van der Waals surface area (Å²) in [6.07, 6.45) is -0.572. The number of nitrogens with one attached hydrogen (secondary N) is 4. The van der Waals surface area contributed by atoms with Crippen molar-refractivity contribution in [1.29, 1.82) is 0 Å². The molecule has 0 saturated heterocycles. The van der Waals surface area contributed by atoms with Gasteiger partial charge in [0.15, 0.2) is 5.82 Å². The second-order valence-electron chi connectivity index (χ2n) is 7.03. The topological polar surface area (TPSA) is 200 Å². The molecule has 8 N–H and O–H groups in total. The summed E-state index contributed by atoms with van der Waals surface area (Å²) < 4.78 is 0.